The van der Waals surface area contributed by atoms with Gasteiger partial charge in [-0.3, -0.25) is 0 Å². The maximum Gasteiger partial charge on any atom is 0.291 e. The van der Waals surface area contributed by atoms with Gasteiger partial charge in [-0.05, 0) is 54.2 Å². The second-order valence-corrected chi connectivity index (χ2v) is 8.09. The summed E-state index contributed by atoms with van der Waals surface area (Å²) >= 11 is 1.15. The van der Waals surface area contributed by atoms with Gasteiger partial charge in [0.1, 0.15) is 12.7 Å². The Balaban J connectivity index is 1.21. The molecule has 3 aromatic rings. The molecule has 2 saturated carbocycles. The molecule has 3 atom stereocenters. The minimum Gasteiger partial charge on any atom is -0.470 e. The average Bonchev–Trinajstić information content (AvgIpc) is 3.45. The predicted molar refractivity (Wildman–Crippen MR) is 106 cm³/mol. The van der Waals surface area contributed by atoms with Crippen molar-refractivity contribution in [3.8, 4) is 22.9 Å². The van der Waals surface area contributed by atoms with Crippen LogP contribution in [0.25, 0.3) is 11.1 Å². The molecule has 2 aromatic carbocycles. The molecule has 2 aliphatic rings. The lowest BCUT2D eigenvalue weighted by molar-refractivity contribution is 0.125. The summed E-state index contributed by atoms with van der Waals surface area (Å²) in [5.74, 6) is 2.63. The molecule has 138 valence electrons. The molecule has 2 aliphatic carbocycles. The van der Waals surface area contributed by atoms with Gasteiger partial charge in [-0.1, -0.05) is 54.6 Å². The first-order chi connectivity index (χ1) is 13.3. The first kappa shape index (κ1) is 16.8. The topological polar surface area (TPSA) is 44.2 Å². The van der Waals surface area contributed by atoms with Crippen molar-refractivity contribution in [1.29, 1.82) is 0 Å². The number of hydrogen-bond donors (Lipinski definition) is 0. The maximum atomic E-state index is 6.16. The summed E-state index contributed by atoms with van der Waals surface area (Å²) in [6.45, 7) is 0.466. The number of aromatic nitrogens is 2. The highest BCUT2D eigenvalue weighted by Gasteiger charge is 2.41. The molecule has 1 aromatic heterocycles. The summed E-state index contributed by atoms with van der Waals surface area (Å²) < 4.78 is 20.7. The second-order valence-electron chi connectivity index (χ2n) is 7.56. The highest BCUT2D eigenvalue weighted by molar-refractivity contribution is 6.99. The number of nitrogens with zero attached hydrogens (tertiary/aromatic N) is 2. The Morgan fingerprint density at radius 3 is 2.37 bits per heavy atom. The van der Waals surface area contributed by atoms with E-state index in [4.69, 9.17) is 9.47 Å². The summed E-state index contributed by atoms with van der Waals surface area (Å²) in [4.78, 5) is 0. The van der Waals surface area contributed by atoms with Crippen LogP contribution >= 0.6 is 11.7 Å². The number of benzene rings is 2. The van der Waals surface area contributed by atoms with Crippen LogP contribution in [0.1, 0.15) is 31.2 Å². The zero-order chi connectivity index (χ0) is 18.1. The van der Waals surface area contributed by atoms with Crippen molar-refractivity contribution in [3.63, 3.8) is 0 Å². The second kappa shape index (κ2) is 7.31. The lowest BCUT2D eigenvalue weighted by Crippen LogP contribution is -2.23. The van der Waals surface area contributed by atoms with E-state index in [0.29, 0.717) is 30.4 Å². The van der Waals surface area contributed by atoms with Crippen LogP contribution < -0.4 is 9.47 Å². The van der Waals surface area contributed by atoms with E-state index in [1.807, 2.05) is 6.07 Å². The first-order valence-corrected chi connectivity index (χ1v) is 10.3. The first-order valence-electron chi connectivity index (χ1n) is 9.61. The van der Waals surface area contributed by atoms with Crippen molar-refractivity contribution in [2.24, 2.45) is 11.8 Å². The van der Waals surface area contributed by atoms with Crippen molar-refractivity contribution in [2.45, 2.75) is 38.4 Å². The van der Waals surface area contributed by atoms with Crippen LogP contribution in [0.15, 0.2) is 54.6 Å². The molecule has 2 fully saturated rings. The van der Waals surface area contributed by atoms with Crippen LogP contribution in [0.3, 0.4) is 0 Å². The fourth-order valence-electron chi connectivity index (χ4n) is 4.38. The predicted octanol–water partition coefficient (Wildman–Crippen LogP) is 5.35. The molecular formula is C22H22N2O2S. The van der Waals surface area contributed by atoms with Gasteiger partial charge in [0.25, 0.3) is 11.8 Å². The number of fused-ring (bicyclic) bond motifs is 2. The molecule has 0 aliphatic heterocycles. The molecule has 4 nitrogen and oxygen atoms in total. The standard InChI is InChI=1S/C22H22N2O2S/c1-2-4-17(5-3-1)18-9-6-15(7-10-18)14-25-21-22(24-27-23-21)26-20-13-16-8-11-19(20)12-16/h1-7,9-10,16,19-20H,8,11-14H2/t16-,19+,20+/m0/s1. The minimum atomic E-state index is 0.292. The van der Waals surface area contributed by atoms with Gasteiger partial charge in [-0.2, -0.15) is 0 Å². The van der Waals surface area contributed by atoms with Crippen LogP contribution in [-0.2, 0) is 6.61 Å². The SMILES string of the molecule is c1ccc(-c2ccc(COc3nsnc3O[C@@H]3C[C@H]4CC[C@@H]3C4)cc2)cc1. The Labute approximate surface area is 163 Å². The summed E-state index contributed by atoms with van der Waals surface area (Å²) in [6.07, 6.45) is 5.41. The Morgan fingerprint density at radius 2 is 1.63 bits per heavy atom. The van der Waals surface area contributed by atoms with Crippen LogP contribution in [0, 0.1) is 11.8 Å². The van der Waals surface area contributed by atoms with Crippen LogP contribution in [-0.4, -0.2) is 14.9 Å². The van der Waals surface area contributed by atoms with Gasteiger partial charge < -0.3 is 9.47 Å². The molecule has 5 rings (SSSR count). The van der Waals surface area contributed by atoms with Crippen LogP contribution in [0.5, 0.6) is 11.8 Å². The molecule has 0 saturated heterocycles. The quantitative estimate of drug-likeness (QED) is 0.580. The van der Waals surface area contributed by atoms with Crippen molar-refractivity contribution >= 4 is 11.7 Å². The fourth-order valence-corrected chi connectivity index (χ4v) is 4.82. The van der Waals surface area contributed by atoms with E-state index < -0.39 is 0 Å². The van der Waals surface area contributed by atoms with E-state index in [-0.39, 0.29) is 0 Å². The van der Waals surface area contributed by atoms with Gasteiger partial charge in [0.05, 0.1) is 11.7 Å². The lowest BCUT2D eigenvalue weighted by atomic mass is 9.98. The van der Waals surface area contributed by atoms with E-state index in [0.717, 1.165) is 29.6 Å². The van der Waals surface area contributed by atoms with Gasteiger partial charge in [0, 0.05) is 0 Å². The zero-order valence-electron chi connectivity index (χ0n) is 15.1. The molecule has 27 heavy (non-hydrogen) atoms. The largest absolute Gasteiger partial charge is 0.470 e. The summed E-state index contributed by atoms with van der Waals surface area (Å²) in [5, 5.41) is 0. The monoisotopic (exact) mass is 378 g/mol. The van der Waals surface area contributed by atoms with Crippen molar-refractivity contribution in [3.05, 3.63) is 60.2 Å². The van der Waals surface area contributed by atoms with Crippen LogP contribution in [0.4, 0.5) is 0 Å². The summed E-state index contributed by atoms with van der Waals surface area (Å²) in [6, 6.07) is 18.8. The van der Waals surface area contributed by atoms with Gasteiger partial charge in [0.15, 0.2) is 0 Å². The smallest absolute Gasteiger partial charge is 0.291 e. The average molecular weight is 378 g/mol. The van der Waals surface area contributed by atoms with E-state index >= 15 is 0 Å². The van der Waals surface area contributed by atoms with Crippen molar-refractivity contribution in [2.75, 3.05) is 0 Å². The molecule has 0 amide bonds. The van der Waals surface area contributed by atoms with Gasteiger partial charge >= 0.3 is 0 Å². The summed E-state index contributed by atoms with van der Waals surface area (Å²) in [5.41, 5.74) is 3.53. The van der Waals surface area contributed by atoms with E-state index in [9.17, 15) is 0 Å². The molecule has 2 bridgehead atoms. The third-order valence-electron chi connectivity index (χ3n) is 5.80. The number of rotatable bonds is 6. The Morgan fingerprint density at radius 1 is 0.852 bits per heavy atom. The van der Waals surface area contributed by atoms with Gasteiger partial charge in [-0.25, -0.2) is 0 Å². The molecule has 0 spiro atoms. The highest BCUT2D eigenvalue weighted by Crippen LogP contribution is 2.46. The Hall–Kier alpha value is -2.40. The van der Waals surface area contributed by atoms with Gasteiger partial charge in [-0.15, -0.1) is 8.75 Å². The van der Waals surface area contributed by atoms with E-state index in [1.165, 1.54) is 30.4 Å². The number of hydrogen-bond acceptors (Lipinski definition) is 5. The maximum absolute atomic E-state index is 6.16. The Kier molecular flexibility index (Phi) is 4.54. The molecule has 0 unspecified atom stereocenters. The van der Waals surface area contributed by atoms with Crippen molar-refractivity contribution in [1.82, 2.24) is 8.75 Å². The summed E-state index contributed by atoms with van der Waals surface area (Å²) in [7, 11) is 0. The van der Waals surface area contributed by atoms with Crippen molar-refractivity contribution < 1.29 is 9.47 Å². The Bertz CT molecular complexity index is 894. The lowest BCUT2D eigenvalue weighted by Gasteiger charge is -2.21. The molecule has 5 heteroatoms. The number of ether oxygens (including phenoxy) is 2. The van der Waals surface area contributed by atoms with Gasteiger partial charge in [0.2, 0.25) is 0 Å². The molecule has 1 heterocycles. The molecular weight excluding hydrogens is 356 g/mol. The molecule has 0 N–H and O–H groups in total. The van der Waals surface area contributed by atoms with E-state index in [2.05, 4.69) is 57.3 Å². The minimum absolute atomic E-state index is 0.292. The van der Waals surface area contributed by atoms with Crippen LogP contribution in [0.2, 0.25) is 0 Å². The van der Waals surface area contributed by atoms with E-state index in [1.54, 1.807) is 0 Å². The third-order valence-corrected chi connectivity index (χ3v) is 6.30. The third kappa shape index (κ3) is 3.56. The normalized spacial score (nSPS) is 23.5. The fraction of sp³-hybridized carbons (Fsp3) is 0.364. The highest BCUT2D eigenvalue weighted by atomic mass is 32.1. The molecule has 0 radical (unpaired) electrons. The zero-order valence-corrected chi connectivity index (χ0v) is 15.9.